The van der Waals surface area contributed by atoms with Crippen LogP contribution < -0.4 is 5.32 Å². The van der Waals surface area contributed by atoms with Crippen molar-refractivity contribution in [3.63, 3.8) is 0 Å². The van der Waals surface area contributed by atoms with Gasteiger partial charge in [0.2, 0.25) is 0 Å². The Bertz CT molecular complexity index is 151. The number of hydrogen-bond acceptors (Lipinski definition) is 2. The molecule has 3 heteroatoms. The maximum absolute atomic E-state index is 11.1. The van der Waals surface area contributed by atoms with Crippen LogP contribution in [0.15, 0.2) is 0 Å². The summed E-state index contributed by atoms with van der Waals surface area (Å²) in [5.41, 5.74) is 0.331. The van der Waals surface area contributed by atoms with E-state index < -0.39 is 0 Å². The van der Waals surface area contributed by atoms with Gasteiger partial charge < -0.3 is 5.32 Å². The van der Waals surface area contributed by atoms with E-state index in [1.165, 1.54) is 11.8 Å². The molecule has 0 fully saturated rings. The number of thioether (sulfide) groups is 1. The van der Waals surface area contributed by atoms with E-state index >= 15 is 0 Å². The molecule has 0 aromatic heterocycles. The molecule has 0 heterocycles. The van der Waals surface area contributed by atoms with Gasteiger partial charge in [0, 0.05) is 12.3 Å². The monoisotopic (exact) mass is 203 g/mol. The quantitative estimate of drug-likeness (QED) is 0.759. The second-order valence-electron chi connectivity index (χ2n) is 4.37. The van der Waals surface area contributed by atoms with Crippen LogP contribution in [0.25, 0.3) is 0 Å². The number of carbonyl (C=O) groups excluding carboxylic acids is 1. The molecule has 0 aliphatic heterocycles. The number of rotatable bonds is 4. The van der Waals surface area contributed by atoms with Gasteiger partial charge in [-0.15, -0.1) is 0 Å². The van der Waals surface area contributed by atoms with Crippen molar-refractivity contribution in [2.24, 2.45) is 5.41 Å². The molecule has 0 rings (SSSR count). The van der Waals surface area contributed by atoms with Crippen LogP contribution in [0.5, 0.6) is 0 Å². The third-order valence-electron chi connectivity index (χ3n) is 1.60. The molecule has 0 saturated heterocycles. The van der Waals surface area contributed by atoms with Gasteiger partial charge in [-0.05, 0) is 18.3 Å². The van der Waals surface area contributed by atoms with Crippen LogP contribution >= 0.6 is 11.8 Å². The molecule has 0 saturated carbocycles. The van der Waals surface area contributed by atoms with Crippen LogP contribution in [-0.4, -0.2) is 17.5 Å². The summed E-state index contributed by atoms with van der Waals surface area (Å²) in [6.07, 6.45) is 2.09. The van der Waals surface area contributed by atoms with Gasteiger partial charge >= 0.3 is 0 Å². The molecular formula is C10H21NOS. The van der Waals surface area contributed by atoms with Gasteiger partial charge in [-0.1, -0.05) is 39.5 Å². The molecule has 0 unspecified atom stereocenters. The first-order valence-corrected chi connectivity index (χ1v) is 5.85. The Hall–Kier alpha value is -0.180. The highest BCUT2D eigenvalue weighted by Crippen LogP contribution is 2.21. The molecule has 78 valence electrons. The zero-order valence-corrected chi connectivity index (χ0v) is 9.96. The molecule has 0 aromatic carbocycles. The Morgan fingerprint density at radius 1 is 1.38 bits per heavy atom. The van der Waals surface area contributed by atoms with Crippen LogP contribution in [0.3, 0.4) is 0 Å². The van der Waals surface area contributed by atoms with Gasteiger partial charge in [-0.25, -0.2) is 0 Å². The molecule has 1 N–H and O–H groups in total. The van der Waals surface area contributed by atoms with Crippen molar-refractivity contribution in [3.05, 3.63) is 0 Å². The van der Waals surface area contributed by atoms with E-state index in [0.29, 0.717) is 5.41 Å². The fourth-order valence-electron chi connectivity index (χ4n) is 0.728. The van der Waals surface area contributed by atoms with Crippen LogP contribution in [-0.2, 0) is 0 Å². The molecule has 0 bridgehead atoms. The van der Waals surface area contributed by atoms with Gasteiger partial charge in [0.1, 0.15) is 0 Å². The molecule has 0 aromatic rings. The lowest BCUT2D eigenvalue weighted by Crippen LogP contribution is -2.20. The Morgan fingerprint density at radius 2 is 2.00 bits per heavy atom. The van der Waals surface area contributed by atoms with E-state index in [-0.39, 0.29) is 5.24 Å². The second-order valence-corrected chi connectivity index (χ2v) is 5.44. The van der Waals surface area contributed by atoms with Gasteiger partial charge in [0.05, 0.1) is 0 Å². The summed E-state index contributed by atoms with van der Waals surface area (Å²) in [5, 5.41) is 2.96. The summed E-state index contributed by atoms with van der Waals surface area (Å²) in [6, 6.07) is 0. The predicted octanol–water partition coefficient (Wildman–Crippen LogP) is 3.28. The van der Waals surface area contributed by atoms with Crippen molar-refractivity contribution < 1.29 is 4.79 Å². The average molecular weight is 203 g/mol. The zero-order valence-electron chi connectivity index (χ0n) is 9.14. The second kappa shape index (κ2) is 6.30. The minimum absolute atomic E-state index is 0.117. The first-order chi connectivity index (χ1) is 5.95. The minimum Gasteiger partial charge on any atom is -0.347 e. The lowest BCUT2D eigenvalue weighted by molar-refractivity contribution is 0.260. The van der Waals surface area contributed by atoms with Crippen LogP contribution in [0.1, 0.15) is 40.5 Å². The molecule has 0 atom stereocenters. The summed E-state index contributed by atoms with van der Waals surface area (Å²) in [4.78, 5) is 11.1. The third-order valence-corrected chi connectivity index (χ3v) is 2.42. The molecular weight excluding hydrogens is 182 g/mol. The first-order valence-electron chi connectivity index (χ1n) is 4.86. The summed E-state index contributed by atoms with van der Waals surface area (Å²) in [7, 11) is 0. The van der Waals surface area contributed by atoms with Crippen molar-refractivity contribution >= 4 is 17.0 Å². The molecule has 2 nitrogen and oxygen atoms in total. The van der Waals surface area contributed by atoms with Crippen LogP contribution in [0.2, 0.25) is 0 Å². The van der Waals surface area contributed by atoms with Crippen molar-refractivity contribution in [3.8, 4) is 0 Å². The predicted molar refractivity (Wildman–Crippen MR) is 60.2 cm³/mol. The Kier molecular flexibility index (Phi) is 6.21. The molecule has 1 amide bonds. The van der Waals surface area contributed by atoms with Crippen LogP contribution in [0, 0.1) is 5.41 Å². The Labute approximate surface area is 85.9 Å². The highest BCUT2D eigenvalue weighted by molar-refractivity contribution is 8.13. The van der Waals surface area contributed by atoms with Crippen molar-refractivity contribution in [1.82, 2.24) is 5.32 Å². The topological polar surface area (TPSA) is 29.1 Å². The van der Waals surface area contributed by atoms with E-state index in [1.807, 2.05) is 0 Å². The molecule has 13 heavy (non-hydrogen) atoms. The number of amides is 1. The fraction of sp³-hybridized carbons (Fsp3) is 0.900. The van der Waals surface area contributed by atoms with E-state index in [2.05, 4.69) is 33.0 Å². The highest BCUT2D eigenvalue weighted by atomic mass is 32.2. The largest absolute Gasteiger partial charge is 0.347 e. The van der Waals surface area contributed by atoms with Gasteiger partial charge in [-0.3, -0.25) is 4.79 Å². The Morgan fingerprint density at radius 3 is 2.46 bits per heavy atom. The fourth-order valence-corrected chi connectivity index (χ4v) is 1.83. The van der Waals surface area contributed by atoms with Gasteiger partial charge in [0.15, 0.2) is 0 Å². The van der Waals surface area contributed by atoms with Crippen LogP contribution in [0.4, 0.5) is 4.79 Å². The number of hydrogen-bond donors (Lipinski definition) is 1. The SMILES string of the molecule is CCCNC(=O)SCCC(C)(C)C. The zero-order chi connectivity index (χ0) is 10.3. The lowest BCUT2D eigenvalue weighted by atomic mass is 9.94. The van der Waals surface area contributed by atoms with Crippen molar-refractivity contribution in [1.29, 1.82) is 0 Å². The first kappa shape index (κ1) is 12.8. The van der Waals surface area contributed by atoms with E-state index in [1.54, 1.807) is 0 Å². The molecule has 0 radical (unpaired) electrons. The molecule has 0 aliphatic rings. The third kappa shape index (κ3) is 9.74. The van der Waals surface area contributed by atoms with E-state index in [4.69, 9.17) is 0 Å². The summed E-state index contributed by atoms with van der Waals surface area (Å²) < 4.78 is 0. The van der Waals surface area contributed by atoms with Crippen molar-refractivity contribution in [2.45, 2.75) is 40.5 Å². The Balaban J connectivity index is 3.37. The number of nitrogens with one attached hydrogen (secondary N) is 1. The van der Waals surface area contributed by atoms with E-state index in [0.717, 1.165) is 25.1 Å². The summed E-state index contributed by atoms with van der Waals surface area (Å²) in [5.74, 6) is 0.916. The highest BCUT2D eigenvalue weighted by Gasteiger charge is 2.10. The smallest absolute Gasteiger partial charge is 0.279 e. The summed E-state index contributed by atoms with van der Waals surface area (Å²) in [6.45, 7) is 9.42. The average Bonchev–Trinajstić information content (AvgIpc) is 1.98. The maximum Gasteiger partial charge on any atom is 0.279 e. The standard InChI is InChI=1S/C10H21NOS/c1-5-7-11-9(12)13-8-6-10(2,3)4/h5-8H2,1-4H3,(H,11,12). The van der Waals surface area contributed by atoms with Gasteiger partial charge in [0.25, 0.3) is 5.24 Å². The maximum atomic E-state index is 11.1. The summed E-state index contributed by atoms with van der Waals surface area (Å²) >= 11 is 1.39. The van der Waals surface area contributed by atoms with Crippen molar-refractivity contribution in [2.75, 3.05) is 12.3 Å². The minimum atomic E-state index is 0.117. The number of carbonyl (C=O) groups is 1. The lowest BCUT2D eigenvalue weighted by Gasteiger charge is -2.16. The van der Waals surface area contributed by atoms with E-state index in [9.17, 15) is 4.79 Å². The molecule has 0 aliphatic carbocycles. The molecule has 0 spiro atoms. The van der Waals surface area contributed by atoms with Gasteiger partial charge in [-0.2, -0.15) is 0 Å². The normalized spacial score (nSPS) is 11.4.